The molecule has 0 fully saturated rings. The zero-order valence-corrected chi connectivity index (χ0v) is 13.7. The lowest BCUT2D eigenvalue weighted by Crippen LogP contribution is -2.41. The van der Waals surface area contributed by atoms with Gasteiger partial charge in [-0.2, -0.15) is 8.78 Å². The maximum Gasteiger partial charge on any atom is 0.387 e. The van der Waals surface area contributed by atoms with E-state index in [9.17, 15) is 17.2 Å². The second-order valence-electron chi connectivity index (χ2n) is 4.51. The summed E-state index contributed by atoms with van der Waals surface area (Å²) in [5.41, 5.74) is 0.546. The number of ether oxygens (including phenoxy) is 1. The number of sulfonamides is 1. The van der Waals surface area contributed by atoms with Gasteiger partial charge in [-0.25, -0.2) is 13.1 Å². The van der Waals surface area contributed by atoms with Gasteiger partial charge in [-0.3, -0.25) is 4.99 Å². The summed E-state index contributed by atoms with van der Waals surface area (Å²) in [4.78, 5) is 3.96. The first-order valence-corrected chi connectivity index (χ1v) is 8.63. The Labute approximate surface area is 134 Å². The molecule has 0 unspecified atom stereocenters. The van der Waals surface area contributed by atoms with Crippen LogP contribution in [-0.4, -0.2) is 47.4 Å². The van der Waals surface area contributed by atoms with Crippen LogP contribution in [0.4, 0.5) is 8.78 Å². The highest BCUT2D eigenvalue weighted by Crippen LogP contribution is 2.19. The minimum absolute atomic E-state index is 0.0872. The number of nitrogens with one attached hydrogen (secondary N) is 3. The smallest absolute Gasteiger partial charge is 0.387 e. The molecule has 10 heteroatoms. The van der Waals surface area contributed by atoms with Crippen molar-refractivity contribution in [2.75, 3.05) is 26.4 Å². The van der Waals surface area contributed by atoms with Crippen molar-refractivity contribution in [1.29, 1.82) is 0 Å². The number of nitrogens with zero attached hydrogens (tertiary/aromatic N) is 1. The first kappa shape index (κ1) is 19.1. The van der Waals surface area contributed by atoms with E-state index in [1.54, 1.807) is 25.2 Å². The van der Waals surface area contributed by atoms with E-state index in [-0.39, 0.29) is 18.8 Å². The van der Waals surface area contributed by atoms with Crippen LogP contribution in [-0.2, 0) is 16.6 Å². The van der Waals surface area contributed by atoms with Crippen molar-refractivity contribution >= 4 is 16.0 Å². The number of rotatable bonds is 8. The molecule has 0 aliphatic heterocycles. The van der Waals surface area contributed by atoms with Gasteiger partial charge in [0.1, 0.15) is 5.75 Å². The molecule has 0 bridgehead atoms. The molecule has 1 aromatic carbocycles. The van der Waals surface area contributed by atoms with Crippen LogP contribution in [0.1, 0.15) is 5.56 Å². The second-order valence-corrected chi connectivity index (χ2v) is 6.34. The molecule has 0 aliphatic rings. The van der Waals surface area contributed by atoms with E-state index in [0.29, 0.717) is 18.1 Å². The Morgan fingerprint density at radius 1 is 1.26 bits per heavy atom. The van der Waals surface area contributed by atoms with E-state index in [0.717, 1.165) is 6.26 Å². The fraction of sp³-hybridized carbons (Fsp3) is 0.462. The van der Waals surface area contributed by atoms with Crippen molar-refractivity contribution < 1.29 is 21.9 Å². The number of benzene rings is 1. The maximum absolute atomic E-state index is 12.3. The molecular formula is C13H20F2N4O3S. The summed E-state index contributed by atoms with van der Waals surface area (Å²) >= 11 is 0. The third-order valence-corrected chi connectivity index (χ3v) is 3.37. The normalized spacial score (nSPS) is 12.3. The lowest BCUT2D eigenvalue weighted by molar-refractivity contribution is -0.0504. The van der Waals surface area contributed by atoms with E-state index in [1.165, 1.54) is 6.07 Å². The van der Waals surface area contributed by atoms with Gasteiger partial charge in [-0.05, 0) is 6.07 Å². The van der Waals surface area contributed by atoms with Gasteiger partial charge in [-0.1, -0.05) is 18.2 Å². The standard InChI is InChI=1S/C13H20F2N4O3S/c1-16-13(17-7-8-19-23(2,20)21)18-9-10-5-3-4-6-11(10)22-12(14)15/h3-6,12,19H,7-9H2,1-2H3,(H2,16,17,18). The van der Waals surface area contributed by atoms with Crippen LogP contribution in [0.2, 0.25) is 0 Å². The summed E-state index contributed by atoms with van der Waals surface area (Å²) in [6, 6.07) is 6.42. The predicted octanol–water partition coefficient (Wildman–Crippen LogP) is 0.502. The van der Waals surface area contributed by atoms with E-state index in [4.69, 9.17) is 0 Å². The van der Waals surface area contributed by atoms with Crippen LogP contribution < -0.4 is 20.1 Å². The topological polar surface area (TPSA) is 91.8 Å². The van der Waals surface area contributed by atoms with Crippen molar-refractivity contribution in [2.45, 2.75) is 13.2 Å². The van der Waals surface area contributed by atoms with Crippen molar-refractivity contribution in [1.82, 2.24) is 15.4 Å². The van der Waals surface area contributed by atoms with E-state index in [1.807, 2.05) is 0 Å². The molecule has 0 saturated carbocycles. The van der Waals surface area contributed by atoms with Gasteiger partial charge in [0, 0.05) is 32.2 Å². The van der Waals surface area contributed by atoms with Gasteiger partial charge in [0.2, 0.25) is 10.0 Å². The molecule has 0 atom stereocenters. The number of halogens is 2. The van der Waals surface area contributed by atoms with Crippen LogP contribution in [0, 0.1) is 0 Å². The first-order valence-electron chi connectivity index (χ1n) is 6.73. The van der Waals surface area contributed by atoms with E-state index in [2.05, 4.69) is 25.1 Å². The van der Waals surface area contributed by atoms with Crippen molar-refractivity contribution in [3.63, 3.8) is 0 Å². The first-order chi connectivity index (χ1) is 10.8. The summed E-state index contributed by atoms with van der Waals surface area (Å²) in [6.07, 6.45) is 1.07. The molecule has 23 heavy (non-hydrogen) atoms. The average molecular weight is 350 g/mol. The molecule has 3 N–H and O–H groups in total. The molecule has 0 saturated heterocycles. The Morgan fingerprint density at radius 2 is 1.96 bits per heavy atom. The zero-order valence-electron chi connectivity index (χ0n) is 12.8. The Hall–Kier alpha value is -1.94. The summed E-state index contributed by atoms with van der Waals surface area (Å²) in [5, 5.41) is 5.83. The molecule has 1 aromatic rings. The highest BCUT2D eigenvalue weighted by Gasteiger charge is 2.09. The van der Waals surface area contributed by atoms with Crippen LogP contribution in [0.15, 0.2) is 29.3 Å². The van der Waals surface area contributed by atoms with Crippen LogP contribution in [0.3, 0.4) is 0 Å². The molecule has 0 spiro atoms. The average Bonchev–Trinajstić information content (AvgIpc) is 2.46. The van der Waals surface area contributed by atoms with Gasteiger partial charge in [0.25, 0.3) is 0 Å². The SMILES string of the molecule is CN=C(NCCNS(C)(=O)=O)NCc1ccccc1OC(F)F. The van der Waals surface area contributed by atoms with Gasteiger partial charge in [-0.15, -0.1) is 0 Å². The van der Waals surface area contributed by atoms with E-state index >= 15 is 0 Å². The highest BCUT2D eigenvalue weighted by atomic mass is 32.2. The second kappa shape index (κ2) is 9.26. The Bertz CT molecular complexity index is 623. The zero-order chi connectivity index (χ0) is 17.3. The fourth-order valence-corrected chi connectivity index (χ4v) is 2.15. The van der Waals surface area contributed by atoms with Gasteiger partial charge in [0.05, 0.1) is 6.26 Å². The minimum atomic E-state index is -3.24. The number of guanidine groups is 1. The molecule has 0 radical (unpaired) electrons. The van der Waals surface area contributed by atoms with Crippen LogP contribution in [0.5, 0.6) is 5.75 Å². The lowest BCUT2D eigenvalue weighted by Gasteiger charge is -2.14. The predicted molar refractivity (Wildman–Crippen MR) is 84.1 cm³/mol. The summed E-state index contributed by atoms with van der Waals surface area (Å²) in [5.74, 6) is 0.497. The number of alkyl halides is 2. The molecule has 0 amide bonds. The molecule has 7 nitrogen and oxygen atoms in total. The van der Waals surface area contributed by atoms with Crippen molar-refractivity contribution in [3.05, 3.63) is 29.8 Å². The number of hydrogen-bond donors (Lipinski definition) is 3. The maximum atomic E-state index is 12.3. The van der Waals surface area contributed by atoms with Gasteiger partial charge >= 0.3 is 6.61 Å². The molecule has 0 aliphatic carbocycles. The molecule has 1 rings (SSSR count). The summed E-state index contributed by atoms with van der Waals surface area (Å²) in [6.45, 7) is -2.15. The Balaban J connectivity index is 2.49. The highest BCUT2D eigenvalue weighted by molar-refractivity contribution is 7.88. The number of hydrogen-bond acceptors (Lipinski definition) is 4. The molecule has 0 heterocycles. The minimum Gasteiger partial charge on any atom is -0.434 e. The van der Waals surface area contributed by atoms with Crippen LogP contribution in [0.25, 0.3) is 0 Å². The van der Waals surface area contributed by atoms with Crippen LogP contribution >= 0.6 is 0 Å². The van der Waals surface area contributed by atoms with E-state index < -0.39 is 16.6 Å². The monoisotopic (exact) mass is 350 g/mol. The largest absolute Gasteiger partial charge is 0.434 e. The third-order valence-electron chi connectivity index (χ3n) is 2.64. The third kappa shape index (κ3) is 8.31. The summed E-state index contributed by atoms with van der Waals surface area (Å²) < 4.78 is 53.3. The molecule has 130 valence electrons. The molecule has 0 aromatic heterocycles. The number of aliphatic imine (C=N–C) groups is 1. The Kier molecular flexibility index (Phi) is 7.69. The quantitative estimate of drug-likeness (QED) is 0.361. The Morgan fingerprint density at radius 3 is 2.57 bits per heavy atom. The lowest BCUT2D eigenvalue weighted by atomic mass is 10.2. The number of para-hydroxylation sites is 1. The van der Waals surface area contributed by atoms with Crippen molar-refractivity contribution in [2.24, 2.45) is 4.99 Å². The fourth-order valence-electron chi connectivity index (χ4n) is 1.68. The summed E-state index contributed by atoms with van der Waals surface area (Å²) in [7, 11) is -1.70. The van der Waals surface area contributed by atoms with Crippen molar-refractivity contribution in [3.8, 4) is 5.75 Å². The van der Waals surface area contributed by atoms with Gasteiger partial charge in [0.15, 0.2) is 5.96 Å². The van der Waals surface area contributed by atoms with Gasteiger partial charge < -0.3 is 15.4 Å². The molecular weight excluding hydrogens is 330 g/mol.